The number of ether oxygens (including phenoxy) is 2. The Labute approximate surface area is 231 Å². The molecule has 0 bridgehead atoms. The summed E-state index contributed by atoms with van der Waals surface area (Å²) in [6.45, 7) is 5.24. The Kier molecular flexibility index (Phi) is 10.9. The summed E-state index contributed by atoms with van der Waals surface area (Å²) in [7, 11) is 0. The van der Waals surface area contributed by atoms with Gasteiger partial charge in [0.25, 0.3) is 0 Å². The molecule has 2 saturated heterocycles. The van der Waals surface area contributed by atoms with Crippen molar-refractivity contribution in [1.29, 1.82) is 0 Å². The molecule has 2 heterocycles. The van der Waals surface area contributed by atoms with Gasteiger partial charge in [0, 0.05) is 36.6 Å². The molecule has 39 heavy (non-hydrogen) atoms. The number of amides is 1. The van der Waals surface area contributed by atoms with Crippen LogP contribution in [0.25, 0.3) is 0 Å². The molecule has 2 aliphatic heterocycles. The van der Waals surface area contributed by atoms with Crippen molar-refractivity contribution in [2.24, 2.45) is 5.92 Å². The summed E-state index contributed by atoms with van der Waals surface area (Å²) in [5, 5.41) is 21.1. The molecule has 2 fully saturated rings. The van der Waals surface area contributed by atoms with Crippen LogP contribution < -0.4 is 5.32 Å². The van der Waals surface area contributed by atoms with Crippen LogP contribution in [0.15, 0.2) is 48.5 Å². The van der Waals surface area contributed by atoms with Crippen LogP contribution >= 0.6 is 0 Å². The standard InChI is InChI=1S/C31H42N2O6/c1-22-27(20-33-18-5-3-2-4-6-19-33)38-31(39-30(22)24-12-10-23(21-34)11-13-24)25-14-16-26(17-15-25)32-28(35)8-7-9-29(36)37/h10-17,22,27,30-31,34H,2-9,18-21H2,1H3,(H,32,35)(H,36,37)/t22-,27+,30+,31+/m1/s1. The minimum atomic E-state index is -0.902. The maximum atomic E-state index is 12.2. The number of nitrogens with one attached hydrogen (secondary N) is 1. The number of hydrogen-bond donors (Lipinski definition) is 3. The number of nitrogens with zero attached hydrogens (tertiary/aromatic N) is 1. The quantitative estimate of drug-likeness (QED) is 0.370. The minimum Gasteiger partial charge on any atom is -0.481 e. The average Bonchev–Trinajstić information content (AvgIpc) is 2.91. The molecule has 4 rings (SSSR count). The fraction of sp³-hybridized carbons (Fsp3) is 0.548. The Balaban J connectivity index is 1.48. The van der Waals surface area contributed by atoms with Crippen molar-refractivity contribution in [3.63, 3.8) is 0 Å². The molecule has 2 aromatic carbocycles. The van der Waals surface area contributed by atoms with E-state index >= 15 is 0 Å². The van der Waals surface area contributed by atoms with Gasteiger partial charge in [0.2, 0.25) is 5.91 Å². The van der Waals surface area contributed by atoms with Crippen molar-refractivity contribution >= 4 is 17.6 Å². The summed E-state index contributed by atoms with van der Waals surface area (Å²) in [4.78, 5) is 25.4. The number of benzene rings is 2. The van der Waals surface area contributed by atoms with E-state index in [1.165, 1.54) is 32.1 Å². The molecule has 0 unspecified atom stereocenters. The monoisotopic (exact) mass is 538 g/mol. The Hall–Kier alpha value is -2.78. The van der Waals surface area contributed by atoms with Gasteiger partial charge in [0.1, 0.15) is 0 Å². The molecule has 0 saturated carbocycles. The number of likely N-dealkylation sites (tertiary alicyclic amines) is 1. The summed E-state index contributed by atoms with van der Waals surface area (Å²) >= 11 is 0. The molecular weight excluding hydrogens is 496 g/mol. The second kappa shape index (κ2) is 14.6. The third-order valence-corrected chi connectivity index (χ3v) is 7.77. The van der Waals surface area contributed by atoms with Crippen LogP contribution in [0.2, 0.25) is 0 Å². The molecule has 8 nitrogen and oxygen atoms in total. The number of anilines is 1. The topological polar surface area (TPSA) is 108 Å². The lowest BCUT2D eigenvalue weighted by Crippen LogP contribution is -2.45. The van der Waals surface area contributed by atoms with Crippen LogP contribution in [0.3, 0.4) is 0 Å². The number of carboxylic acids is 1. The maximum absolute atomic E-state index is 12.2. The Bertz CT molecular complexity index is 1050. The zero-order chi connectivity index (χ0) is 27.6. The van der Waals surface area contributed by atoms with Gasteiger partial charge in [-0.1, -0.05) is 62.6 Å². The van der Waals surface area contributed by atoms with Gasteiger partial charge >= 0.3 is 5.97 Å². The van der Waals surface area contributed by atoms with E-state index in [9.17, 15) is 14.7 Å². The molecule has 1 amide bonds. The molecule has 0 spiro atoms. The van der Waals surface area contributed by atoms with E-state index in [1.807, 2.05) is 48.5 Å². The van der Waals surface area contributed by atoms with Gasteiger partial charge in [-0.25, -0.2) is 0 Å². The number of carboxylic acid groups (broad SMARTS) is 1. The van der Waals surface area contributed by atoms with Gasteiger partial charge in [-0.15, -0.1) is 0 Å². The zero-order valence-electron chi connectivity index (χ0n) is 22.9. The van der Waals surface area contributed by atoms with Crippen molar-refractivity contribution in [2.45, 2.75) is 83.4 Å². The highest BCUT2D eigenvalue weighted by Gasteiger charge is 2.39. The first kappa shape index (κ1) is 29.2. The van der Waals surface area contributed by atoms with Gasteiger partial charge in [0.05, 0.1) is 18.8 Å². The molecule has 2 aliphatic rings. The highest BCUT2D eigenvalue weighted by atomic mass is 16.7. The first-order valence-corrected chi connectivity index (χ1v) is 14.3. The molecular formula is C31H42N2O6. The first-order chi connectivity index (χ1) is 18.9. The number of aliphatic carboxylic acids is 1. The Morgan fingerprint density at radius 1 is 0.897 bits per heavy atom. The van der Waals surface area contributed by atoms with Gasteiger partial charge in [-0.05, 0) is 55.6 Å². The average molecular weight is 539 g/mol. The molecule has 0 aliphatic carbocycles. The Morgan fingerprint density at radius 3 is 2.18 bits per heavy atom. The second-order valence-electron chi connectivity index (χ2n) is 10.8. The lowest BCUT2D eigenvalue weighted by molar-refractivity contribution is -0.276. The lowest BCUT2D eigenvalue weighted by Gasteiger charge is -2.43. The van der Waals surface area contributed by atoms with E-state index < -0.39 is 12.3 Å². The maximum Gasteiger partial charge on any atom is 0.303 e. The molecule has 212 valence electrons. The molecule has 2 aromatic rings. The van der Waals surface area contributed by atoms with Gasteiger partial charge in [0.15, 0.2) is 6.29 Å². The van der Waals surface area contributed by atoms with Crippen molar-refractivity contribution in [3.05, 3.63) is 65.2 Å². The predicted molar refractivity (Wildman–Crippen MR) is 149 cm³/mol. The predicted octanol–water partition coefficient (Wildman–Crippen LogP) is 5.43. The van der Waals surface area contributed by atoms with E-state index in [0.717, 1.165) is 36.3 Å². The number of aliphatic hydroxyl groups is 1. The minimum absolute atomic E-state index is 0.00707. The van der Waals surface area contributed by atoms with Crippen LogP contribution in [-0.4, -0.2) is 52.7 Å². The van der Waals surface area contributed by atoms with Crippen molar-refractivity contribution in [1.82, 2.24) is 4.90 Å². The number of rotatable bonds is 10. The van der Waals surface area contributed by atoms with Crippen molar-refractivity contribution < 1.29 is 29.3 Å². The molecule has 4 atom stereocenters. The second-order valence-corrected chi connectivity index (χ2v) is 10.8. The number of hydrogen-bond acceptors (Lipinski definition) is 6. The summed E-state index contributed by atoms with van der Waals surface area (Å²) in [6.07, 6.45) is 6.04. The van der Waals surface area contributed by atoms with Crippen LogP contribution in [-0.2, 0) is 25.7 Å². The number of aliphatic hydroxyl groups excluding tert-OH is 1. The fourth-order valence-corrected chi connectivity index (χ4v) is 5.43. The number of carbonyl (C=O) groups is 2. The smallest absolute Gasteiger partial charge is 0.303 e. The van der Waals surface area contributed by atoms with E-state index in [0.29, 0.717) is 12.1 Å². The Morgan fingerprint density at radius 2 is 1.54 bits per heavy atom. The van der Waals surface area contributed by atoms with Crippen molar-refractivity contribution in [3.8, 4) is 0 Å². The van der Waals surface area contributed by atoms with Gasteiger partial charge < -0.3 is 29.9 Å². The normalized spacial score (nSPS) is 24.5. The summed E-state index contributed by atoms with van der Waals surface area (Å²) in [5.41, 5.74) is 3.46. The number of carbonyl (C=O) groups excluding carboxylic acids is 1. The van der Waals surface area contributed by atoms with Gasteiger partial charge in [-0.3, -0.25) is 9.59 Å². The van der Waals surface area contributed by atoms with E-state index in [-0.39, 0.29) is 43.5 Å². The molecule has 0 radical (unpaired) electrons. The summed E-state index contributed by atoms with van der Waals surface area (Å²) in [5.74, 6) is -0.972. The highest BCUT2D eigenvalue weighted by molar-refractivity contribution is 5.90. The van der Waals surface area contributed by atoms with E-state index in [2.05, 4.69) is 17.1 Å². The van der Waals surface area contributed by atoms with Crippen LogP contribution in [0.5, 0.6) is 0 Å². The van der Waals surface area contributed by atoms with Crippen LogP contribution in [0.1, 0.15) is 87.4 Å². The summed E-state index contributed by atoms with van der Waals surface area (Å²) in [6, 6.07) is 15.4. The van der Waals surface area contributed by atoms with E-state index in [1.54, 1.807) is 0 Å². The van der Waals surface area contributed by atoms with E-state index in [4.69, 9.17) is 14.6 Å². The third kappa shape index (κ3) is 8.60. The zero-order valence-corrected chi connectivity index (χ0v) is 22.9. The molecule has 3 N–H and O–H groups in total. The van der Waals surface area contributed by atoms with Gasteiger partial charge in [-0.2, -0.15) is 0 Å². The van der Waals surface area contributed by atoms with Crippen molar-refractivity contribution in [2.75, 3.05) is 25.0 Å². The lowest BCUT2D eigenvalue weighted by atomic mass is 9.89. The molecule has 0 aromatic heterocycles. The SMILES string of the molecule is C[C@@H]1[C@H](CN2CCCCCCC2)O[C@H](c2ccc(NC(=O)CCCC(=O)O)cc2)O[C@@H]1c1ccc(CO)cc1. The molecule has 8 heteroatoms. The van der Waals surface area contributed by atoms with Crippen LogP contribution in [0, 0.1) is 5.92 Å². The third-order valence-electron chi connectivity index (χ3n) is 7.77. The fourth-order valence-electron chi connectivity index (χ4n) is 5.43. The highest BCUT2D eigenvalue weighted by Crippen LogP contribution is 2.42. The van der Waals surface area contributed by atoms with Crippen LogP contribution in [0.4, 0.5) is 5.69 Å². The summed E-state index contributed by atoms with van der Waals surface area (Å²) < 4.78 is 13.2. The largest absolute Gasteiger partial charge is 0.481 e. The first-order valence-electron chi connectivity index (χ1n) is 14.3.